The first-order valence-corrected chi connectivity index (χ1v) is 5.83. The second kappa shape index (κ2) is 3.92. The fourth-order valence-electron chi connectivity index (χ4n) is 2.34. The van der Waals surface area contributed by atoms with Gasteiger partial charge in [0.2, 0.25) is 0 Å². The van der Waals surface area contributed by atoms with Crippen LogP contribution in [0.15, 0.2) is 29.5 Å². The lowest BCUT2D eigenvalue weighted by atomic mass is 9.89. The summed E-state index contributed by atoms with van der Waals surface area (Å²) >= 11 is 0. The van der Waals surface area contributed by atoms with Crippen LogP contribution in [-0.2, 0) is 4.79 Å². The minimum absolute atomic E-state index is 0.0332. The number of amidine groups is 1. The highest BCUT2D eigenvalue weighted by molar-refractivity contribution is 6.15. The Morgan fingerprint density at radius 3 is 2.59 bits per heavy atom. The van der Waals surface area contributed by atoms with E-state index < -0.39 is 5.54 Å². The van der Waals surface area contributed by atoms with Crippen molar-refractivity contribution >= 4 is 11.7 Å². The van der Waals surface area contributed by atoms with Crippen molar-refractivity contribution in [3.8, 4) is 0 Å². The lowest BCUT2D eigenvalue weighted by Crippen LogP contribution is -2.47. The Morgan fingerprint density at radius 1 is 1.18 bits per heavy atom. The SMILES string of the molecule is O=C1NC(c2ccncc2)=NC12CCNCC2. The Morgan fingerprint density at radius 2 is 1.88 bits per heavy atom. The molecule has 88 valence electrons. The zero-order valence-electron chi connectivity index (χ0n) is 9.44. The number of carbonyl (C=O) groups excluding carboxylic acids is 1. The molecule has 1 spiro atoms. The van der Waals surface area contributed by atoms with E-state index in [9.17, 15) is 4.79 Å². The Bertz CT molecular complexity index is 463. The Hall–Kier alpha value is -1.75. The van der Waals surface area contributed by atoms with E-state index in [-0.39, 0.29) is 5.91 Å². The molecule has 0 atom stereocenters. The lowest BCUT2D eigenvalue weighted by Gasteiger charge is -2.28. The molecule has 1 amide bonds. The molecule has 0 saturated carbocycles. The number of amides is 1. The molecule has 3 rings (SSSR count). The maximum Gasteiger partial charge on any atom is 0.253 e. The van der Waals surface area contributed by atoms with E-state index in [0.717, 1.165) is 31.5 Å². The van der Waals surface area contributed by atoms with Gasteiger partial charge in [-0.1, -0.05) is 0 Å². The molecule has 1 aromatic rings. The quantitative estimate of drug-likeness (QED) is 0.718. The highest BCUT2D eigenvalue weighted by atomic mass is 16.2. The molecule has 1 fully saturated rings. The predicted octanol–water partition coefficient (Wildman–Crippen LogP) is 0.0802. The van der Waals surface area contributed by atoms with Gasteiger partial charge in [0.1, 0.15) is 11.4 Å². The molecule has 5 heteroatoms. The number of nitrogens with zero attached hydrogens (tertiary/aromatic N) is 2. The molecule has 0 radical (unpaired) electrons. The molecule has 3 heterocycles. The first-order chi connectivity index (χ1) is 8.30. The summed E-state index contributed by atoms with van der Waals surface area (Å²) < 4.78 is 0. The van der Waals surface area contributed by atoms with Crippen LogP contribution in [0.25, 0.3) is 0 Å². The van der Waals surface area contributed by atoms with Crippen LogP contribution in [0.3, 0.4) is 0 Å². The average molecular weight is 230 g/mol. The van der Waals surface area contributed by atoms with Crippen molar-refractivity contribution < 1.29 is 4.79 Å². The van der Waals surface area contributed by atoms with Gasteiger partial charge in [-0.15, -0.1) is 0 Å². The van der Waals surface area contributed by atoms with E-state index in [1.54, 1.807) is 12.4 Å². The van der Waals surface area contributed by atoms with Gasteiger partial charge in [-0.05, 0) is 38.1 Å². The van der Waals surface area contributed by atoms with Crippen molar-refractivity contribution in [3.05, 3.63) is 30.1 Å². The molecule has 2 N–H and O–H groups in total. The fourth-order valence-corrected chi connectivity index (χ4v) is 2.34. The van der Waals surface area contributed by atoms with Crippen LogP contribution >= 0.6 is 0 Å². The largest absolute Gasteiger partial charge is 0.317 e. The van der Waals surface area contributed by atoms with Crippen molar-refractivity contribution in [1.29, 1.82) is 0 Å². The minimum Gasteiger partial charge on any atom is -0.317 e. The molecular formula is C12H14N4O. The normalized spacial score (nSPS) is 22.4. The van der Waals surface area contributed by atoms with Crippen molar-refractivity contribution in [2.24, 2.45) is 4.99 Å². The number of aromatic nitrogens is 1. The lowest BCUT2D eigenvalue weighted by molar-refractivity contribution is -0.124. The van der Waals surface area contributed by atoms with Gasteiger partial charge in [-0.2, -0.15) is 0 Å². The van der Waals surface area contributed by atoms with E-state index in [1.807, 2.05) is 12.1 Å². The number of hydrogen-bond donors (Lipinski definition) is 2. The second-order valence-corrected chi connectivity index (χ2v) is 4.43. The summed E-state index contributed by atoms with van der Waals surface area (Å²) in [6, 6.07) is 3.72. The summed E-state index contributed by atoms with van der Waals surface area (Å²) in [5.74, 6) is 0.713. The van der Waals surface area contributed by atoms with Crippen LogP contribution in [0.2, 0.25) is 0 Å². The third-order valence-electron chi connectivity index (χ3n) is 3.36. The van der Waals surface area contributed by atoms with E-state index in [2.05, 4.69) is 20.6 Å². The number of pyridine rings is 1. The molecule has 5 nitrogen and oxygen atoms in total. The number of carbonyl (C=O) groups is 1. The molecule has 1 saturated heterocycles. The maximum absolute atomic E-state index is 12.1. The molecule has 0 unspecified atom stereocenters. The minimum atomic E-state index is -0.538. The van der Waals surface area contributed by atoms with E-state index in [1.165, 1.54) is 0 Å². The molecule has 17 heavy (non-hydrogen) atoms. The zero-order chi connectivity index (χ0) is 11.7. The topological polar surface area (TPSA) is 66.4 Å². The van der Waals surface area contributed by atoms with Gasteiger partial charge < -0.3 is 10.6 Å². The van der Waals surface area contributed by atoms with Crippen LogP contribution < -0.4 is 10.6 Å². The number of hydrogen-bond acceptors (Lipinski definition) is 4. The third-order valence-corrected chi connectivity index (χ3v) is 3.36. The molecule has 0 bridgehead atoms. The number of rotatable bonds is 1. The van der Waals surface area contributed by atoms with Gasteiger partial charge in [0.25, 0.3) is 5.91 Å². The van der Waals surface area contributed by atoms with Gasteiger partial charge in [-0.25, -0.2) is 0 Å². The predicted molar refractivity (Wildman–Crippen MR) is 63.8 cm³/mol. The van der Waals surface area contributed by atoms with Gasteiger partial charge >= 0.3 is 0 Å². The summed E-state index contributed by atoms with van der Waals surface area (Å²) in [6.45, 7) is 1.70. The maximum atomic E-state index is 12.1. The van der Waals surface area contributed by atoms with Crippen molar-refractivity contribution in [2.45, 2.75) is 18.4 Å². The number of aliphatic imine (C=N–C) groups is 1. The second-order valence-electron chi connectivity index (χ2n) is 4.43. The fraction of sp³-hybridized carbons (Fsp3) is 0.417. The van der Waals surface area contributed by atoms with Crippen LogP contribution in [0.1, 0.15) is 18.4 Å². The summed E-state index contributed by atoms with van der Waals surface area (Å²) in [6.07, 6.45) is 4.95. The highest BCUT2D eigenvalue weighted by Gasteiger charge is 2.44. The molecule has 0 aliphatic carbocycles. The smallest absolute Gasteiger partial charge is 0.253 e. The molecule has 0 aromatic carbocycles. The average Bonchev–Trinajstić information content (AvgIpc) is 2.69. The van der Waals surface area contributed by atoms with Gasteiger partial charge in [-0.3, -0.25) is 14.8 Å². The number of piperidine rings is 1. The Kier molecular flexibility index (Phi) is 2.40. The van der Waals surface area contributed by atoms with E-state index in [0.29, 0.717) is 5.84 Å². The summed E-state index contributed by atoms with van der Waals surface area (Å²) in [5.41, 5.74) is 0.382. The Labute approximate surface area is 99.4 Å². The van der Waals surface area contributed by atoms with Crippen molar-refractivity contribution in [2.75, 3.05) is 13.1 Å². The molecule has 2 aliphatic rings. The first-order valence-electron chi connectivity index (χ1n) is 5.83. The van der Waals surface area contributed by atoms with E-state index in [4.69, 9.17) is 0 Å². The van der Waals surface area contributed by atoms with Gasteiger partial charge in [0.15, 0.2) is 0 Å². The van der Waals surface area contributed by atoms with Crippen LogP contribution in [-0.4, -0.2) is 35.4 Å². The molecule has 2 aliphatic heterocycles. The third kappa shape index (κ3) is 1.72. The molecular weight excluding hydrogens is 216 g/mol. The van der Waals surface area contributed by atoms with Gasteiger partial charge in [0, 0.05) is 18.0 Å². The Balaban J connectivity index is 1.94. The summed E-state index contributed by atoms with van der Waals surface area (Å²) in [4.78, 5) is 20.6. The monoisotopic (exact) mass is 230 g/mol. The van der Waals surface area contributed by atoms with Gasteiger partial charge in [0.05, 0.1) is 0 Å². The molecule has 1 aromatic heterocycles. The number of nitrogens with one attached hydrogen (secondary N) is 2. The van der Waals surface area contributed by atoms with Crippen LogP contribution in [0.4, 0.5) is 0 Å². The van der Waals surface area contributed by atoms with Crippen LogP contribution in [0.5, 0.6) is 0 Å². The summed E-state index contributed by atoms with van der Waals surface area (Å²) in [5, 5.41) is 6.14. The van der Waals surface area contributed by atoms with Crippen LogP contribution in [0, 0.1) is 0 Å². The summed E-state index contributed by atoms with van der Waals surface area (Å²) in [7, 11) is 0. The first kappa shape index (κ1) is 10.4. The van der Waals surface area contributed by atoms with Crippen molar-refractivity contribution in [3.63, 3.8) is 0 Å². The highest BCUT2D eigenvalue weighted by Crippen LogP contribution is 2.28. The zero-order valence-corrected chi connectivity index (χ0v) is 9.44. The van der Waals surface area contributed by atoms with E-state index >= 15 is 0 Å². The standard InChI is InChI=1S/C12H14N4O/c17-11-12(3-7-14-8-4-12)16-10(15-11)9-1-5-13-6-2-9/h1-2,5-6,14H,3-4,7-8H2,(H,15,16,17). The van der Waals surface area contributed by atoms with Crippen molar-refractivity contribution in [1.82, 2.24) is 15.6 Å².